The second kappa shape index (κ2) is 4.99. The number of benzene rings is 2. The van der Waals surface area contributed by atoms with Gasteiger partial charge in [0.25, 0.3) is 0 Å². The van der Waals surface area contributed by atoms with E-state index in [9.17, 15) is 0 Å². The standard InChI is InChI=1S/C14H11N3O2/c18-9-10-4-3-5-11(8-10)19-14-15-12-6-1-2-7-13(12)16-17-14/h1-8,18H,9H2. The molecule has 0 aliphatic carbocycles. The van der Waals surface area contributed by atoms with Gasteiger partial charge >= 0.3 is 6.01 Å². The molecule has 19 heavy (non-hydrogen) atoms. The molecule has 94 valence electrons. The monoisotopic (exact) mass is 253 g/mol. The summed E-state index contributed by atoms with van der Waals surface area (Å²) in [6.07, 6.45) is 0. The normalized spacial score (nSPS) is 10.6. The molecule has 1 N–H and O–H groups in total. The van der Waals surface area contributed by atoms with E-state index >= 15 is 0 Å². The number of aliphatic hydroxyl groups is 1. The fraction of sp³-hybridized carbons (Fsp3) is 0.0714. The number of para-hydroxylation sites is 1. The fourth-order valence-electron chi connectivity index (χ4n) is 1.72. The van der Waals surface area contributed by atoms with Crippen molar-refractivity contribution in [3.05, 3.63) is 54.1 Å². The van der Waals surface area contributed by atoms with E-state index in [1.165, 1.54) is 0 Å². The Morgan fingerprint density at radius 1 is 0.947 bits per heavy atom. The molecule has 0 aliphatic heterocycles. The van der Waals surface area contributed by atoms with Crippen LogP contribution >= 0.6 is 0 Å². The minimum absolute atomic E-state index is 0.0337. The maximum atomic E-state index is 9.07. The SMILES string of the molecule is OCc1cccc(Oc2nnc3ccccc3n2)c1. The predicted molar refractivity (Wildman–Crippen MR) is 69.8 cm³/mol. The average molecular weight is 253 g/mol. The summed E-state index contributed by atoms with van der Waals surface area (Å²) in [5, 5.41) is 17.0. The second-order valence-electron chi connectivity index (χ2n) is 3.99. The van der Waals surface area contributed by atoms with Gasteiger partial charge < -0.3 is 9.84 Å². The van der Waals surface area contributed by atoms with Crippen molar-refractivity contribution in [1.29, 1.82) is 0 Å². The van der Waals surface area contributed by atoms with Gasteiger partial charge in [0.05, 0.1) is 12.1 Å². The van der Waals surface area contributed by atoms with Crippen LogP contribution in [0.5, 0.6) is 11.8 Å². The smallest absolute Gasteiger partial charge is 0.341 e. The quantitative estimate of drug-likeness (QED) is 0.775. The largest absolute Gasteiger partial charge is 0.423 e. The van der Waals surface area contributed by atoms with Crippen molar-refractivity contribution in [1.82, 2.24) is 15.2 Å². The molecule has 0 atom stereocenters. The van der Waals surface area contributed by atoms with E-state index in [2.05, 4.69) is 15.2 Å². The maximum absolute atomic E-state index is 9.07. The van der Waals surface area contributed by atoms with Crippen LogP contribution in [0.25, 0.3) is 11.0 Å². The Labute approximate surface area is 109 Å². The van der Waals surface area contributed by atoms with Gasteiger partial charge in [-0.25, -0.2) is 0 Å². The number of hydrogen-bond donors (Lipinski definition) is 1. The summed E-state index contributed by atoms with van der Waals surface area (Å²) < 4.78 is 5.53. The molecule has 0 unspecified atom stereocenters. The topological polar surface area (TPSA) is 68.1 Å². The molecule has 0 aliphatic rings. The molecule has 0 bridgehead atoms. The van der Waals surface area contributed by atoms with Gasteiger partial charge in [-0.15, -0.1) is 5.10 Å². The number of aromatic nitrogens is 3. The molecule has 3 aromatic rings. The van der Waals surface area contributed by atoms with Crippen molar-refractivity contribution in [2.45, 2.75) is 6.61 Å². The first-order chi connectivity index (χ1) is 9.35. The highest BCUT2D eigenvalue weighted by Gasteiger charge is 2.04. The summed E-state index contributed by atoms with van der Waals surface area (Å²) in [4.78, 5) is 4.27. The number of fused-ring (bicyclic) bond motifs is 1. The summed E-state index contributed by atoms with van der Waals surface area (Å²) in [5.41, 5.74) is 2.22. The Kier molecular flexibility index (Phi) is 3.04. The first-order valence-electron chi connectivity index (χ1n) is 5.82. The third-order valence-corrected chi connectivity index (χ3v) is 2.63. The molecule has 2 aromatic carbocycles. The third kappa shape index (κ3) is 2.51. The number of ether oxygens (including phenoxy) is 1. The van der Waals surface area contributed by atoms with Gasteiger partial charge in [-0.05, 0) is 29.8 Å². The van der Waals surface area contributed by atoms with Gasteiger partial charge in [-0.3, -0.25) is 0 Å². The van der Waals surface area contributed by atoms with E-state index in [-0.39, 0.29) is 12.6 Å². The highest BCUT2D eigenvalue weighted by Crippen LogP contribution is 2.20. The van der Waals surface area contributed by atoms with Crippen molar-refractivity contribution in [3.8, 4) is 11.8 Å². The van der Waals surface area contributed by atoms with Crippen LogP contribution in [-0.2, 0) is 6.61 Å². The third-order valence-electron chi connectivity index (χ3n) is 2.63. The number of rotatable bonds is 3. The van der Waals surface area contributed by atoms with Gasteiger partial charge in [-0.2, -0.15) is 4.98 Å². The summed E-state index contributed by atoms with van der Waals surface area (Å²) in [6.45, 7) is -0.0337. The molecule has 0 radical (unpaired) electrons. The second-order valence-corrected chi connectivity index (χ2v) is 3.99. The van der Waals surface area contributed by atoms with Crippen LogP contribution in [0, 0.1) is 0 Å². The van der Waals surface area contributed by atoms with Crippen LogP contribution in [0.3, 0.4) is 0 Å². The van der Waals surface area contributed by atoms with Crippen LogP contribution in [0.4, 0.5) is 0 Å². The zero-order valence-corrected chi connectivity index (χ0v) is 10.0. The summed E-state index contributed by atoms with van der Waals surface area (Å²) >= 11 is 0. The van der Waals surface area contributed by atoms with E-state index < -0.39 is 0 Å². The first-order valence-corrected chi connectivity index (χ1v) is 5.82. The summed E-state index contributed by atoms with van der Waals surface area (Å²) in [5.74, 6) is 0.573. The van der Waals surface area contributed by atoms with Gasteiger partial charge in [0.2, 0.25) is 0 Å². The Bertz CT molecular complexity index is 716. The molecule has 0 saturated carbocycles. The van der Waals surface area contributed by atoms with Crippen LogP contribution in [0.15, 0.2) is 48.5 Å². The fourth-order valence-corrected chi connectivity index (χ4v) is 1.72. The van der Waals surface area contributed by atoms with Gasteiger partial charge in [0, 0.05) is 0 Å². The summed E-state index contributed by atoms with van der Waals surface area (Å²) in [6, 6.07) is 14.8. The van der Waals surface area contributed by atoms with Crippen LogP contribution in [0.1, 0.15) is 5.56 Å². The molecular formula is C14H11N3O2. The molecule has 0 saturated heterocycles. The zero-order valence-electron chi connectivity index (χ0n) is 10.0. The Hall–Kier alpha value is -2.53. The molecule has 5 heteroatoms. The van der Waals surface area contributed by atoms with Gasteiger partial charge in [-0.1, -0.05) is 29.4 Å². The summed E-state index contributed by atoms with van der Waals surface area (Å²) in [7, 11) is 0. The lowest BCUT2D eigenvalue weighted by Gasteiger charge is -2.05. The molecule has 0 spiro atoms. The van der Waals surface area contributed by atoms with Gasteiger partial charge in [0.15, 0.2) is 0 Å². The predicted octanol–water partition coefficient (Wildman–Crippen LogP) is 2.31. The van der Waals surface area contributed by atoms with E-state index in [1.807, 2.05) is 30.3 Å². The lowest BCUT2D eigenvalue weighted by atomic mass is 10.2. The van der Waals surface area contributed by atoms with Crippen molar-refractivity contribution in [2.24, 2.45) is 0 Å². The molecule has 0 fully saturated rings. The van der Waals surface area contributed by atoms with Crippen molar-refractivity contribution < 1.29 is 9.84 Å². The maximum Gasteiger partial charge on any atom is 0.341 e. The minimum atomic E-state index is -0.0337. The van der Waals surface area contributed by atoms with E-state index in [1.54, 1.807) is 18.2 Å². The van der Waals surface area contributed by atoms with Crippen molar-refractivity contribution >= 4 is 11.0 Å². The molecule has 5 nitrogen and oxygen atoms in total. The Morgan fingerprint density at radius 2 is 1.79 bits per heavy atom. The van der Waals surface area contributed by atoms with Gasteiger partial charge in [0.1, 0.15) is 11.3 Å². The highest BCUT2D eigenvalue weighted by atomic mass is 16.5. The van der Waals surface area contributed by atoms with E-state index in [0.717, 1.165) is 16.6 Å². The highest BCUT2D eigenvalue weighted by molar-refractivity contribution is 5.73. The number of aliphatic hydroxyl groups excluding tert-OH is 1. The van der Waals surface area contributed by atoms with E-state index in [0.29, 0.717) is 5.75 Å². The van der Waals surface area contributed by atoms with E-state index in [4.69, 9.17) is 9.84 Å². The molecule has 1 aromatic heterocycles. The minimum Gasteiger partial charge on any atom is -0.423 e. The molecular weight excluding hydrogens is 242 g/mol. The Morgan fingerprint density at radius 3 is 2.63 bits per heavy atom. The molecule has 0 amide bonds. The Balaban J connectivity index is 1.92. The first kappa shape index (κ1) is 11.6. The van der Waals surface area contributed by atoms with Crippen LogP contribution in [-0.4, -0.2) is 20.3 Å². The lowest BCUT2D eigenvalue weighted by Crippen LogP contribution is -1.95. The van der Waals surface area contributed by atoms with Crippen LogP contribution in [0.2, 0.25) is 0 Å². The number of nitrogens with zero attached hydrogens (tertiary/aromatic N) is 3. The van der Waals surface area contributed by atoms with Crippen LogP contribution < -0.4 is 4.74 Å². The number of hydrogen-bond acceptors (Lipinski definition) is 5. The van der Waals surface area contributed by atoms with Crippen molar-refractivity contribution in [3.63, 3.8) is 0 Å². The zero-order chi connectivity index (χ0) is 13.1. The van der Waals surface area contributed by atoms with Crippen molar-refractivity contribution in [2.75, 3.05) is 0 Å². The lowest BCUT2D eigenvalue weighted by molar-refractivity contribution is 0.281. The molecule has 1 heterocycles. The molecule has 3 rings (SSSR count). The average Bonchev–Trinajstić information content (AvgIpc) is 2.47.